The Balaban J connectivity index is 4.64. The molecule has 76 valence electrons. The van der Waals surface area contributed by atoms with Crippen molar-refractivity contribution in [2.45, 2.75) is 34.1 Å². The van der Waals surface area contributed by atoms with Gasteiger partial charge in [-0.2, -0.15) is 0 Å². The van der Waals surface area contributed by atoms with Crippen molar-refractivity contribution < 1.29 is 9.53 Å². The van der Waals surface area contributed by atoms with Crippen molar-refractivity contribution in [2.75, 3.05) is 7.11 Å². The van der Waals surface area contributed by atoms with E-state index in [1.165, 1.54) is 7.11 Å². The zero-order chi connectivity index (χ0) is 10.5. The molecule has 0 aromatic rings. The van der Waals surface area contributed by atoms with Crippen LogP contribution in [0.4, 0.5) is 0 Å². The normalized spacial score (nSPS) is 14.5. The summed E-state index contributed by atoms with van der Waals surface area (Å²) in [4.78, 5) is 11.4. The standard InChI is InChI=1S/C11H20O2/c1-6-8-11(3,4)9(7-2)10(12)13-5/h6,8-9H,7H2,1-5H3. The molecule has 0 spiro atoms. The molecule has 0 fully saturated rings. The Morgan fingerprint density at radius 3 is 2.38 bits per heavy atom. The Kier molecular flexibility index (Phi) is 4.74. The van der Waals surface area contributed by atoms with Gasteiger partial charge in [-0.15, -0.1) is 0 Å². The molecule has 0 radical (unpaired) electrons. The van der Waals surface area contributed by atoms with Crippen molar-refractivity contribution in [1.82, 2.24) is 0 Å². The first-order valence-corrected chi connectivity index (χ1v) is 4.71. The van der Waals surface area contributed by atoms with Gasteiger partial charge in [0.15, 0.2) is 0 Å². The molecule has 0 aromatic heterocycles. The average Bonchev–Trinajstić information content (AvgIpc) is 2.04. The van der Waals surface area contributed by atoms with Crippen molar-refractivity contribution in [1.29, 1.82) is 0 Å². The van der Waals surface area contributed by atoms with Crippen LogP contribution in [-0.4, -0.2) is 13.1 Å². The van der Waals surface area contributed by atoms with Gasteiger partial charge in [0, 0.05) is 0 Å². The van der Waals surface area contributed by atoms with Crippen LogP contribution in [0.5, 0.6) is 0 Å². The van der Waals surface area contributed by atoms with Crippen LogP contribution in [0.2, 0.25) is 0 Å². The predicted octanol–water partition coefficient (Wildman–Crippen LogP) is 2.79. The highest BCUT2D eigenvalue weighted by molar-refractivity contribution is 5.73. The molecule has 2 nitrogen and oxygen atoms in total. The van der Waals surface area contributed by atoms with Gasteiger partial charge in [-0.05, 0) is 18.8 Å². The number of rotatable bonds is 4. The van der Waals surface area contributed by atoms with E-state index in [0.29, 0.717) is 0 Å². The second-order valence-electron chi connectivity index (χ2n) is 3.81. The number of carbonyl (C=O) groups is 1. The van der Waals surface area contributed by atoms with Gasteiger partial charge in [0.05, 0.1) is 13.0 Å². The second kappa shape index (κ2) is 5.05. The van der Waals surface area contributed by atoms with Crippen LogP contribution >= 0.6 is 0 Å². The van der Waals surface area contributed by atoms with E-state index < -0.39 is 0 Å². The van der Waals surface area contributed by atoms with E-state index >= 15 is 0 Å². The largest absolute Gasteiger partial charge is 0.469 e. The Morgan fingerprint density at radius 1 is 1.54 bits per heavy atom. The summed E-state index contributed by atoms with van der Waals surface area (Å²) in [5.41, 5.74) is -0.114. The zero-order valence-corrected chi connectivity index (χ0v) is 9.26. The predicted molar refractivity (Wildman–Crippen MR) is 54.4 cm³/mol. The molecule has 0 heterocycles. The van der Waals surface area contributed by atoms with Crippen LogP contribution < -0.4 is 0 Å². The van der Waals surface area contributed by atoms with E-state index in [1.807, 2.05) is 19.9 Å². The first kappa shape index (κ1) is 12.2. The van der Waals surface area contributed by atoms with Crippen LogP contribution in [0.3, 0.4) is 0 Å². The SMILES string of the molecule is CC=CC(C)(C)C(CC)C(=O)OC. The summed E-state index contributed by atoms with van der Waals surface area (Å²) in [7, 11) is 1.44. The van der Waals surface area contributed by atoms with Crippen LogP contribution in [0.25, 0.3) is 0 Å². The summed E-state index contributed by atoms with van der Waals surface area (Å²) >= 11 is 0. The average molecular weight is 184 g/mol. The third-order valence-electron chi connectivity index (χ3n) is 2.39. The minimum atomic E-state index is -0.120. The number of hydrogen-bond acceptors (Lipinski definition) is 2. The van der Waals surface area contributed by atoms with Crippen molar-refractivity contribution >= 4 is 5.97 Å². The molecule has 0 aromatic carbocycles. The van der Waals surface area contributed by atoms with Gasteiger partial charge in [-0.25, -0.2) is 0 Å². The summed E-state index contributed by atoms with van der Waals surface area (Å²) in [6.45, 7) is 8.08. The molecule has 0 saturated carbocycles. The molecule has 0 aliphatic carbocycles. The summed E-state index contributed by atoms with van der Waals surface area (Å²) in [6, 6.07) is 0. The molecule has 0 aliphatic rings. The highest BCUT2D eigenvalue weighted by atomic mass is 16.5. The fraction of sp³-hybridized carbons (Fsp3) is 0.727. The summed E-state index contributed by atoms with van der Waals surface area (Å²) in [5.74, 6) is -0.167. The van der Waals surface area contributed by atoms with Crippen molar-refractivity contribution in [2.24, 2.45) is 11.3 Å². The lowest BCUT2D eigenvalue weighted by Gasteiger charge is -2.28. The monoisotopic (exact) mass is 184 g/mol. The lowest BCUT2D eigenvalue weighted by molar-refractivity contribution is -0.148. The van der Waals surface area contributed by atoms with E-state index in [4.69, 9.17) is 4.74 Å². The molecule has 1 unspecified atom stereocenters. The third kappa shape index (κ3) is 3.21. The number of ether oxygens (including phenoxy) is 1. The lowest BCUT2D eigenvalue weighted by atomic mass is 9.77. The lowest BCUT2D eigenvalue weighted by Crippen LogP contribution is -2.29. The fourth-order valence-electron chi connectivity index (χ4n) is 1.68. The van der Waals surface area contributed by atoms with E-state index in [1.54, 1.807) is 0 Å². The molecule has 0 amide bonds. The maximum atomic E-state index is 11.4. The molecule has 0 saturated heterocycles. The highest BCUT2D eigenvalue weighted by Crippen LogP contribution is 2.31. The number of allylic oxidation sites excluding steroid dienone is 2. The van der Waals surface area contributed by atoms with Crippen LogP contribution in [0.15, 0.2) is 12.2 Å². The summed E-state index contributed by atoms with van der Waals surface area (Å²) < 4.78 is 4.76. The first-order valence-electron chi connectivity index (χ1n) is 4.71. The minimum Gasteiger partial charge on any atom is -0.469 e. The topological polar surface area (TPSA) is 26.3 Å². The number of carbonyl (C=O) groups excluding carboxylic acids is 1. The Hall–Kier alpha value is -0.790. The van der Waals surface area contributed by atoms with Crippen molar-refractivity contribution in [3.05, 3.63) is 12.2 Å². The van der Waals surface area contributed by atoms with E-state index in [0.717, 1.165) is 6.42 Å². The van der Waals surface area contributed by atoms with E-state index in [2.05, 4.69) is 19.9 Å². The maximum absolute atomic E-state index is 11.4. The van der Waals surface area contributed by atoms with Gasteiger partial charge in [0.1, 0.15) is 0 Å². The number of methoxy groups -OCH3 is 1. The molecule has 0 aliphatic heterocycles. The molecular formula is C11H20O2. The van der Waals surface area contributed by atoms with Gasteiger partial charge in [0.2, 0.25) is 0 Å². The van der Waals surface area contributed by atoms with E-state index in [9.17, 15) is 4.79 Å². The molecule has 0 bridgehead atoms. The molecule has 1 atom stereocenters. The number of hydrogen-bond donors (Lipinski definition) is 0. The zero-order valence-electron chi connectivity index (χ0n) is 9.26. The third-order valence-corrected chi connectivity index (χ3v) is 2.39. The van der Waals surface area contributed by atoms with Gasteiger partial charge in [-0.3, -0.25) is 4.79 Å². The maximum Gasteiger partial charge on any atom is 0.309 e. The Morgan fingerprint density at radius 2 is 2.08 bits per heavy atom. The smallest absolute Gasteiger partial charge is 0.309 e. The van der Waals surface area contributed by atoms with Gasteiger partial charge < -0.3 is 4.74 Å². The molecular weight excluding hydrogens is 164 g/mol. The minimum absolute atomic E-state index is 0.0475. The van der Waals surface area contributed by atoms with Crippen LogP contribution in [0.1, 0.15) is 34.1 Å². The first-order chi connectivity index (χ1) is 5.99. The van der Waals surface area contributed by atoms with Gasteiger partial charge in [-0.1, -0.05) is 32.9 Å². The van der Waals surface area contributed by atoms with Crippen LogP contribution in [0, 0.1) is 11.3 Å². The number of esters is 1. The highest BCUT2D eigenvalue weighted by Gasteiger charge is 2.32. The quantitative estimate of drug-likeness (QED) is 0.496. The van der Waals surface area contributed by atoms with Crippen LogP contribution in [-0.2, 0) is 9.53 Å². The summed E-state index contributed by atoms with van der Waals surface area (Å²) in [5, 5.41) is 0. The fourth-order valence-corrected chi connectivity index (χ4v) is 1.68. The summed E-state index contributed by atoms with van der Waals surface area (Å²) in [6.07, 6.45) is 4.84. The van der Waals surface area contributed by atoms with E-state index in [-0.39, 0.29) is 17.3 Å². The van der Waals surface area contributed by atoms with Crippen molar-refractivity contribution in [3.8, 4) is 0 Å². The Bertz CT molecular complexity index is 192. The molecule has 0 N–H and O–H groups in total. The Labute approximate surface area is 81.0 Å². The molecule has 2 heteroatoms. The van der Waals surface area contributed by atoms with Gasteiger partial charge >= 0.3 is 5.97 Å². The van der Waals surface area contributed by atoms with Gasteiger partial charge in [0.25, 0.3) is 0 Å². The molecule has 0 rings (SSSR count). The molecule has 13 heavy (non-hydrogen) atoms. The van der Waals surface area contributed by atoms with Crippen molar-refractivity contribution in [3.63, 3.8) is 0 Å². The second-order valence-corrected chi connectivity index (χ2v) is 3.81.